The molecule has 0 saturated carbocycles. The Labute approximate surface area is 135 Å². The predicted octanol–water partition coefficient (Wildman–Crippen LogP) is 1.78. The van der Waals surface area contributed by atoms with Crippen molar-refractivity contribution in [3.63, 3.8) is 0 Å². The second-order valence-corrected chi connectivity index (χ2v) is 5.73. The first kappa shape index (κ1) is 16.4. The van der Waals surface area contributed by atoms with E-state index in [4.69, 9.17) is 0 Å². The SMILES string of the molecule is Cn1nncc1C(=O)N1C[C@@H](O)C[C@@H]1c1cccc(C(F)(F)F)c1. The van der Waals surface area contributed by atoms with E-state index < -0.39 is 29.8 Å². The topological polar surface area (TPSA) is 71.2 Å². The van der Waals surface area contributed by atoms with Crippen LogP contribution in [0.1, 0.15) is 34.1 Å². The highest BCUT2D eigenvalue weighted by molar-refractivity contribution is 5.92. The van der Waals surface area contributed by atoms with E-state index in [1.165, 1.54) is 27.9 Å². The molecule has 0 aliphatic carbocycles. The van der Waals surface area contributed by atoms with Gasteiger partial charge in [0.05, 0.1) is 23.9 Å². The van der Waals surface area contributed by atoms with Gasteiger partial charge in [-0.05, 0) is 24.1 Å². The van der Waals surface area contributed by atoms with E-state index in [1.807, 2.05) is 0 Å². The minimum atomic E-state index is -4.46. The number of β-amino-alcohol motifs (C(OH)–C–C–N with tert-alkyl or cyclic N) is 1. The van der Waals surface area contributed by atoms with Gasteiger partial charge in [0.25, 0.3) is 5.91 Å². The lowest BCUT2D eigenvalue weighted by Crippen LogP contribution is -2.33. The zero-order valence-corrected chi connectivity index (χ0v) is 12.7. The number of amides is 1. The average Bonchev–Trinajstić information content (AvgIpc) is 3.12. The molecule has 24 heavy (non-hydrogen) atoms. The molecule has 6 nitrogen and oxygen atoms in total. The fourth-order valence-electron chi connectivity index (χ4n) is 2.91. The summed E-state index contributed by atoms with van der Waals surface area (Å²) in [5.41, 5.74) is -0.234. The molecule has 1 amide bonds. The Balaban J connectivity index is 1.94. The van der Waals surface area contributed by atoms with Gasteiger partial charge in [0.2, 0.25) is 0 Å². The summed E-state index contributed by atoms with van der Waals surface area (Å²) >= 11 is 0. The van der Waals surface area contributed by atoms with E-state index in [0.29, 0.717) is 5.56 Å². The van der Waals surface area contributed by atoms with Crippen LogP contribution in [-0.2, 0) is 13.2 Å². The Morgan fingerprint density at radius 2 is 2.12 bits per heavy atom. The van der Waals surface area contributed by atoms with E-state index in [1.54, 1.807) is 7.05 Å². The van der Waals surface area contributed by atoms with Gasteiger partial charge >= 0.3 is 6.18 Å². The zero-order valence-electron chi connectivity index (χ0n) is 12.7. The largest absolute Gasteiger partial charge is 0.416 e. The lowest BCUT2D eigenvalue weighted by atomic mass is 10.0. The number of hydrogen-bond acceptors (Lipinski definition) is 4. The Kier molecular flexibility index (Phi) is 4.04. The van der Waals surface area contributed by atoms with Gasteiger partial charge in [0, 0.05) is 13.6 Å². The number of nitrogens with zero attached hydrogens (tertiary/aromatic N) is 4. The van der Waals surface area contributed by atoms with Crippen LogP contribution in [0.4, 0.5) is 13.2 Å². The lowest BCUT2D eigenvalue weighted by Gasteiger charge is -2.25. The number of benzene rings is 1. The molecule has 1 aromatic carbocycles. The lowest BCUT2D eigenvalue weighted by molar-refractivity contribution is -0.137. The van der Waals surface area contributed by atoms with E-state index in [-0.39, 0.29) is 18.7 Å². The molecule has 2 heterocycles. The van der Waals surface area contributed by atoms with Crippen LogP contribution in [0.3, 0.4) is 0 Å². The quantitative estimate of drug-likeness (QED) is 0.905. The van der Waals surface area contributed by atoms with Gasteiger partial charge in [-0.1, -0.05) is 17.3 Å². The van der Waals surface area contributed by atoms with Crippen LogP contribution in [0.25, 0.3) is 0 Å². The summed E-state index contributed by atoms with van der Waals surface area (Å²) in [6, 6.07) is 4.19. The van der Waals surface area contributed by atoms with Crippen LogP contribution in [0, 0.1) is 0 Å². The zero-order chi connectivity index (χ0) is 17.5. The highest BCUT2D eigenvalue weighted by atomic mass is 19.4. The number of halogens is 3. The van der Waals surface area contributed by atoms with Crippen molar-refractivity contribution >= 4 is 5.91 Å². The van der Waals surface area contributed by atoms with E-state index >= 15 is 0 Å². The Hall–Kier alpha value is -2.42. The van der Waals surface area contributed by atoms with Crippen molar-refractivity contribution in [2.75, 3.05) is 6.54 Å². The monoisotopic (exact) mass is 340 g/mol. The Morgan fingerprint density at radius 1 is 1.38 bits per heavy atom. The molecule has 2 atom stereocenters. The summed E-state index contributed by atoms with van der Waals surface area (Å²) in [7, 11) is 1.55. The number of carbonyl (C=O) groups is 1. The third-order valence-electron chi connectivity index (χ3n) is 4.07. The predicted molar refractivity (Wildman–Crippen MR) is 76.8 cm³/mol. The van der Waals surface area contributed by atoms with Crippen LogP contribution in [-0.4, -0.2) is 43.6 Å². The second-order valence-electron chi connectivity index (χ2n) is 5.73. The van der Waals surface area contributed by atoms with Crippen LogP contribution in [0.5, 0.6) is 0 Å². The molecule has 1 aliphatic heterocycles. The summed E-state index contributed by atoms with van der Waals surface area (Å²) in [5.74, 6) is -0.429. The molecule has 1 aliphatic rings. The van der Waals surface area contributed by atoms with E-state index in [2.05, 4.69) is 10.3 Å². The Bertz CT molecular complexity index is 759. The molecule has 1 fully saturated rings. The van der Waals surface area contributed by atoms with Gasteiger partial charge in [-0.2, -0.15) is 13.2 Å². The highest BCUT2D eigenvalue weighted by Crippen LogP contribution is 2.36. The fourth-order valence-corrected chi connectivity index (χ4v) is 2.91. The summed E-state index contributed by atoms with van der Waals surface area (Å²) in [6.45, 7) is 0.0466. The number of aryl methyl sites for hydroxylation is 1. The smallest absolute Gasteiger partial charge is 0.391 e. The number of rotatable bonds is 2. The fraction of sp³-hybridized carbons (Fsp3) is 0.400. The average molecular weight is 340 g/mol. The molecule has 1 saturated heterocycles. The van der Waals surface area contributed by atoms with Gasteiger partial charge in [0.15, 0.2) is 0 Å². The second kappa shape index (κ2) is 5.90. The first-order valence-electron chi connectivity index (χ1n) is 7.28. The molecule has 1 aromatic heterocycles. The number of alkyl halides is 3. The third kappa shape index (κ3) is 2.99. The van der Waals surface area contributed by atoms with Gasteiger partial charge in [-0.25, -0.2) is 4.68 Å². The summed E-state index contributed by atoms with van der Waals surface area (Å²) in [6.07, 6.45) is -3.79. The number of likely N-dealkylation sites (tertiary alicyclic amines) is 1. The van der Waals surface area contributed by atoms with Crippen molar-refractivity contribution in [2.24, 2.45) is 7.05 Å². The number of aliphatic hydroxyl groups excluding tert-OH is 1. The van der Waals surface area contributed by atoms with Crippen molar-refractivity contribution in [2.45, 2.75) is 24.7 Å². The van der Waals surface area contributed by atoms with Crippen LogP contribution in [0.15, 0.2) is 30.5 Å². The van der Waals surface area contributed by atoms with Crippen LogP contribution < -0.4 is 0 Å². The van der Waals surface area contributed by atoms with Crippen molar-refractivity contribution in [3.05, 3.63) is 47.3 Å². The summed E-state index contributed by atoms with van der Waals surface area (Å²) in [4.78, 5) is 14.0. The molecule has 128 valence electrons. The summed E-state index contributed by atoms with van der Waals surface area (Å²) < 4.78 is 40.0. The summed E-state index contributed by atoms with van der Waals surface area (Å²) in [5, 5.41) is 17.2. The number of carbonyl (C=O) groups excluding carboxylic acids is 1. The normalized spacial score (nSPS) is 21.3. The molecule has 0 spiro atoms. The van der Waals surface area contributed by atoms with Crippen molar-refractivity contribution in [1.29, 1.82) is 0 Å². The number of aromatic nitrogens is 3. The highest BCUT2D eigenvalue weighted by Gasteiger charge is 2.38. The third-order valence-corrected chi connectivity index (χ3v) is 4.07. The standard InChI is InChI=1S/C15H15F3N4O2/c1-21-13(7-19-20-21)14(24)22-8-11(23)6-12(22)9-3-2-4-10(5-9)15(16,17)18/h2-5,7,11-12,23H,6,8H2,1H3/t11-,12+/m0/s1. The first-order chi connectivity index (χ1) is 11.3. The molecule has 9 heteroatoms. The molecule has 2 aromatic rings. The molecule has 0 unspecified atom stereocenters. The van der Waals surface area contributed by atoms with Crippen LogP contribution >= 0.6 is 0 Å². The maximum absolute atomic E-state index is 12.9. The maximum Gasteiger partial charge on any atom is 0.416 e. The number of aliphatic hydroxyl groups is 1. The van der Waals surface area contributed by atoms with Gasteiger partial charge in [0.1, 0.15) is 5.69 Å². The number of hydrogen-bond donors (Lipinski definition) is 1. The van der Waals surface area contributed by atoms with E-state index in [9.17, 15) is 23.1 Å². The molecule has 3 rings (SSSR count). The molecular formula is C15H15F3N4O2. The molecule has 1 N–H and O–H groups in total. The molecule has 0 bridgehead atoms. The van der Waals surface area contributed by atoms with Crippen LogP contribution in [0.2, 0.25) is 0 Å². The Morgan fingerprint density at radius 3 is 2.75 bits per heavy atom. The minimum absolute atomic E-state index is 0.0466. The molecular weight excluding hydrogens is 325 g/mol. The first-order valence-corrected chi connectivity index (χ1v) is 7.28. The van der Waals surface area contributed by atoms with Crippen molar-refractivity contribution in [1.82, 2.24) is 19.9 Å². The van der Waals surface area contributed by atoms with Gasteiger partial charge in [-0.15, -0.1) is 5.10 Å². The van der Waals surface area contributed by atoms with Crippen molar-refractivity contribution < 1.29 is 23.1 Å². The minimum Gasteiger partial charge on any atom is -0.391 e. The van der Waals surface area contributed by atoms with E-state index in [0.717, 1.165) is 12.1 Å². The molecule has 0 radical (unpaired) electrons. The maximum atomic E-state index is 12.9. The van der Waals surface area contributed by atoms with Crippen molar-refractivity contribution in [3.8, 4) is 0 Å². The van der Waals surface area contributed by atoms with Gasteiger partial charge in [-0.3, -0.25) is 4.79 Å². The van der Waals surface area contributed by atoms with Gasteiger partial charge < -0.3 is 10.0 Å².